The second kappa shape index (κ2) is 13.3. The molecule has 1 fully saturated rings. The second-order valence-electron chi connectivity index (χ2n) is 2.18. The lowest BCUT2D eigenvalue weighted by Gasteiger charge is -2.07. The van der Waals surface area contributed by atoms with Crippen molar-refractivity contribution in [2.75, 3.05) is 13.1 Å². The van der Waals surface area contributed by atoms with Crippen molar-refractivity contribution >= 4 is 6.41 Å². The first kappa shape index (κ1) is 19.8. The molecule has 15 heavy (non-hydrogen) atoms. The Morgan fingerprint density at radius 2 is 1.47 bits per heavy atom. The second-order valence-corrected chi connectivity index (χ2v) is 2.18. The van der Waals surface area contributed by atoms with E-state index >= 15 is 0 Å². The third kappa shape index (κ3) is 11.3. The zero-order chi connectivity index (χ0) is 12.9. The molecule has 0 aromatic heterocycles. The summed E-state index contributed by atoms with van der Waals surface area (Å²) in [6.45, 7) is 11.8. The fourth-order valence-corrected chi connectivity index (χ4v) is 0.852. The highest BCUT2D eigenvalue weighted by atomic mass is 19.3. The standard InChI is InChI=1S/C5H7F2NO.3C2H6/c6-5(7)1-2-8(3-5)4-9;3*1-2/h4H,1-3H2;3*1-2H3. The molecule has 0 atom stereocenters. The van der Waals surface area contributed by atoms with Crippen molar-refractivity contribution in [3.8, 4) is 0 Å². The van der Waals surface area contributed by atoms with E-state index in [0.717, 1.165) is 4.90 Å². The van der Waals surface area contributed by atoms with Gasteiger partial charge in [0, 0.05) is 13.0 Å². The molecule has 94 valence electrons. The first-order chi connectivity index (χ1) is 7.14. The molecule has 0 saturated carbocycles. The molecule has 0 aromatic carbocycles. The number of amides is 1. The van der Waals surface area contributed by atoms with Crippen LogP contribution in [0.3, 0.4) is 0 Å². The molecule has 1 aliphatic rings. The van der Waals surface area contributed by atoms with Gasteiger partial charge in [-0.25, -0.2) is 8.78 Å². The van der Waals surface area contributed by atoms with E-state index in [1.165, 1.54) is 0 Å². The lowest BCUT2D eigenvalue weighted by Crippen LogP contribution is -2.23. The number of carbonyl (C=O) groups excluding carboxylic acids is 1. The van der Waals surface area contributed by atoms with Crippen LogP contribution in [0.15, 0.2) is 0 Å². The van der Waals surface area contributed by atoms with E-state index in [0.29, 0.717) is 6.41 Å². The number of halogens is 2. The number of hydrogen-bond donors (Lipinski definition) is 0. The minimum Gasteiger partial charge on any atom is -0.339 e. The first-order valence-electron chi connectivity index (χ1n) is 5.71. The van der Waals surface area contributed by atoms with E-state index in [4.69, 9.17) is 0 Å². The van der Waals surface area contributed by atoms with Crippen molar-refractivity contribution in [1.82, 2.24) is 4.90 Å². The molecule has 0 aromatic rings. The molecule has 0 aliphatic carbocycles. The number of likely N-dealkylation sites (tertiary alicyclic amines) is 1. The zero-order valence-corrected chi connectivity index (χ0v) is 10.8. The van der Waals surface area contributed by atoms with Gasteiger partial charge in [-0.15, -0.1) is 0 Å². The van der Waals surface area contributed by atoms with Crippen molar-refractivity contribution in [2.24, 2.45) is 0 Å². The molecule has 0 bridgehead atoms. The number of alkyl halides is 2. The maximum Gasteiger partial charge on any atom is 0.267 e. The average Bonchev–Trinajstić information content (AvgIpc) is 2.67. The highest BCUT2D eigenvalue weighted by molar-refractivity contribution is 5.47. The third-order valence-corrected chi connectivity index (χ3v) is 1.35. The molecule has 1 saturated heterocycles. The summed E-state index contributed by atoms with van der Waals surface area (Å²) in [5, 5.41) is 0. The summed E-state index contributed by atoms with van der Waals surface area (Å²) < 4.78 is 24.4. The molecule has 0 unspecified atom stereocenters. The topological polar surface area (TPSA) is 20.3 Å². The molecule has 2 nitrogen and oxygen atoms in total. The van der Waals surface area contributed by atoms with Crippen molar-refractivity contribution in [2.45, 2.75) is 53.9 Å². The predicted octanol–water partition coefficient (Wildman–Crippen LogP) is 3.56. The van der Waals surface area contributed by atoms with E-state index in [-0.39, 0.29) is 13.0 Å². The van der Waals surface area contributed by atoms with Crippen molar-refractivity contribution in [3.05, 3.63) is 0 Å². The van der Waals surface area contributed by atoms with Gasteiger partial charge in [-0.05, 0) is 0 Å². The van der Waals surface area contributed by atoms with Crippen LogP contribution in [-0.2, 0) is 4.79 Å². The van der Waals surface area contributed by atoms with Gasteiger partial charge in [-0.3, -0.25) is 4.79 Å². The van der Waals surface area contributed by atoms with Crippen LogP contribution in [0.25, 0.3) is 0 Å². The van der Waals surface area contributed by atoms with Crippen LogP contribution in [-0.4, -0.2) is 30.3 Å². The molecular weight excluding hydrogens is 200 g/mol. The Morgan fingerprint density at radius 1 is 1.07 bits per heavy atom. The first-order valence-corrected chi connectivity index (χ1v) is 5.71. The summed E-state index contributed by atoms with van der Waals surface area (Å²) in [6.07, 6.45) is 0.270. The van der Waals surface area contributed by atoms with Gasteiger partial charge in [-0.1, -0.05) is 41.5 Å². The van der Waals surface area contributed by atoms with Crippen molar-refractivity contribution in [3.63, 3.8) is 0 Å². The Kier molecular flexibility index (Phi) is 17.6. The zero-order valence-electron chi connectivity index (χ0n) is 10.8. The summed E-state index contributed by atoms with van der Waals surface area (Å²) >= 11 is 0. The van der Waals surface area contributed by atoms with Gasteiger partial charge in [0.05, 0.1) is 6.54 Å². The monoisotopic (exact) mass is 225 g/mol. The van der Waals surface area contributed by atoms with Crippen molar-refractivity contribution < 1.29 is 13.6 Å². The fraction of sp³-hybridized carbons (Fsp3) is 0.909. The van der Waals surface area contributed by atoms with Crippen LogP contribution in [0.2, 0.25) is 0 Å². The van der Waals surface area contributed by atoms with Gasteiger partial charge in [-0.2, -0.15) is 0 Å². The molecule has 1 heterocycles. The fourth-order valence-electron chi connectivity index (χ4n) is 0.852. The Balaban J connectivity index is -0.000000208. The SMILES string of the molecule is CC.CC.CC.O=CN1CCC(F)(F)C1. The van der Waals surface area contributed by atoms with Gasteiger partial charge in [0.15, 0.2) is 0 Å². The Hall–Kier alpha value is -0.670. The van der Waals surface area contributed by atoms with Crippen LogP contribution in [0.1, 0.15) is 48.0 Å². The molecule has 1 amide bonds. The maximum absolute atomic E-state index is 12.2. The molecule has 4 heteroatoms. The van der Waals surface area contributed by atoms with Gasteiger partial charge in [0.25, 0.3) is 5.92 Å². The predicted molar refractivity (Wildman–Crippen MR) is 61.2 cm³/mol. The minimum atomic E-state index is -2.64. The van der Waals surface area contributed by atoms with Gasteiger partial charge in [0.2, 0.25) is 6.41 Å². The Morgan fingerprint density at radius 3 is 1.60 bits per heavy atom. The summed E-state index contributed by atoms with van der Waals surface area (Å²) in [5.41, 5.74) is 0. The molecule has 0 spiro atoms. The molecule has 0 N–H and O–H groups in total. The van der Waals surface area contributed by atoms with Crippen LogP contribution in [0.4, 0.5) is 8.78 Å². The van der Waals surface area contributed by atoms with Crippen LogP contribution in [0, 0.1) is 0 Å². The highest BCUT2D eigenvalue weighted by Crippen LogP contribution is 2.25. The summed E-state index contributed by atoms with van der Waals surface area (Å²) in [6, 6.07) is 0. The highest BCUT2D eigenvalue weighted by Gasteiger charge is 2.37. The van der Waals surface area contributed by atoms with Gasteiger partial charge in [0.1, 0.15) is 0 Å². The van der Waals surface area contributed by atoms with E-state index in [1.807, 2.05) is 41.5 Å². The summed E-state index contributed by atoms with van der Waals surface area (Å²) in [7, 11) is 0. The summed E-state index contributed by atoms with van der Waals surface area (Å²) in [5.74, 6) is -2.64. The molecule has 0 radical (unpaired) electrons. The Labute approximate surface area is 92.7 Å². The lowest BCUT2D eigenvalue weighted by molar-refractivity contribution is -0.118. The van der Waals surface area contributed by atoms with E-state index < -0.39 is 12.5 Å². The third-order valence-electron chi connectivity index (χ3n) is 1.35. The smallest absolute Gasteiger partial charge is 0.267 e. The van der Waals surface area contributed by atoms with E-state index in [9.17, 15) is 13.6 Å². The number of rotatable bonds is 1. The van der Waals surface area contributed by atoms with E-state index in [2.05, 4.69) is 0 Å². The van der Waals surface area contributed by atoms with Crippen LogP contribution >= 0.6 is 0 Å². The van der Waals surface area contributed by atoms with Gasteiger partial charge >= 0.3 is 0 Å². The molecular formula is C11H25F2NO. The molecule has 1 rings (SSSR count). The minimum absolute atomic E-state index is 0.189. The lowest BCUT2D eigenvalue weighted by atomic mass is 10.3. The maximum atomic E-state index is 12.2. The van der Waals surface area contributed by atoms with Crippen LogP contribution in [0.5, 0.6) is 0 Å². The Bertz CT molecular complexity index is 130. The summed E-state index contributed by atoms with van der Waals surface area (Å²) in [4.78, 5) is 11.0. The van der Waals surface area contributed by atoms with E-state index in [1.54, 1.807) is 0 Å². The van der Waals surface area contributed by atoms with Crippen LogP contribution < -0.4 is 0 Å². The number of nitrogens with zero attached hydrogens (tertiary/aromatic N) is 1. The number of carbonyl (C=O) groups is 1. The average molecular weight is 225 g/mol. The van der Waals surface area contributed by atoms with Gasteiger partial charge < -0.3 is 4.90 Å². The van der Waals surface area contributed by atoms with Crippen molar-refractivity contribution in [1.29, 1.82) is 0 Å². The normalized spacial score (nSPS) is 15.9. The largest absolute Gasteiger partial charge is 0.339 e. The quantitative estimate of drug-likeness (QED) is 0.625. The number of hydrogen-bond acceptors (Lipinski definition) is 1. The molecule has 1 aliphatic heterocycles.